The molecule has 1 fully saturated rings. The lowest BCUT2D eigenvalue weighted by Crippen LogP contribution is -2.21. The molecule has 2 aromatic rings. The molecule has 0 bridgehead atoms. The van der Waals surface area contributed by atoms with Crippen LogP contribution >= 0.6 is 0 Å². The van der Waals surface area contributed by atoms with Crippen molar-refractivity contribution in [3.05, 3.63) is 70.8 Å². The van der Waals surface area contributed by atoms with Crippen LogP contribution in [0.5, 0.6) is 5.75 Å². The number of aliphatic hydroxyl groups is 1. The number of carbonyl (C=O) groups excluding carboxylic acids is 2. The lowest BCUT2D eigenvalue weighted by molar-refractivity contribution is -0.133. The van der Waals surface area contributed by atoms with E-state index in [1.807, 2.05) is 24.3 Å². The predicted molar refractivity (Wildman–Crippen MR) is 104 cm³/mol. The molecule has 0 saturated carbocycles. The molecular formula is C22H23NO4. The first-order valence-electron chi connectivity index (χ1n) is 8.75. The number of rotatable bonds is 3. The minimum Gasteiger partial charge on any atom is -0.507 e. The number of hydrogen-bond acceptors (Lipinski definition) is 4. The number of methoxy groups -OCH3 is 1. The van der Waals surface area contributed by atoms with Crippen molar-refractivity contribution < 1.29 is 19.4 Å². The SMILES string of the molecule is COc1cccc(C(O)=C2C(=O)C(=O)N[C@@H]2c2ccc(C(C)(C)C)cc2)c1. The van der Waals surface area contributed by atoms with E-state index in [1.165, 1.54) is 7.11 Å². The summed E-state index contributed by atoms with van der Waals surface area (Å²) < 4.78 is 5.17. The Morgan fingerprint density at radius 2 is 1.74 bits per heavy atom. The lowest BCUT2D eigenvalue weighted by Gasteiger charge is -2.20. The van der Waals surface area contributed by atoms with E-state index >= 15 is 0 Å². The second-order valence-corrected chi connectivity index (χ2v) is 7.60. The zero-order valence-electron chi connectivity index (χ0n) is 15.9. The predicted octanol–water partition coefficient (Wildman–Crippen LogP) is 3.70. The zero-order chi connectivity index (χ0) is 19.8. The second-order valence-electron chi connectivity index (χ2n) is 7.60. The van der Waals surface area contributed by atoms with Gasteiger partial charge in [-0.1, -0.05) is 57.2 Å². The zero-order valence-corrected chi connectivity index (χ0v) is 15.9. The number of benzene rings is 2. The van der Waals surface area contributed by atoms with Crippen LogP contribution in [0.2, 0.25) is 0 Å². The van der Waals surface area contributed by atoms with Crippen LogP contribution in [-0.4, -0.2) is 23.9 Å². The molecule has 5 nitrogen and oxygen atoms in total. The van der Waals surface area contributed by atoms with Gasteiger partial charge in [0.25, 0.3) is 11.7 Å². The van der Waals surface area contributed by atoms with Crippen molar-refractivity contribution in [1.82, 2.24) is 5.32 Å². The molecule has 1 aliphatic heterocycles. The quantitative estimate of drug-likeness (QED) is 0.494. The van der Waals surface area contributed by atoms with Gasteiger partial charge in [-0.25, -0.2) is 0 Å². The van der Waals surface area contributed by atoms with E-state index in [0.29, 0.717) is 11.3 Å². The molecule has 0 radical (unpaired) electrons. The summed E-state index contributed by atoms with van der Waals surface area (Å²) in [6.45, 7) is 6.34. The van der Waals surface area contributed by atoms with E-state index in [-0.39, 0.29) is 16.7 Å². The van der Waals surface area contributed by atoms with Crippen molar-refractivity contribution in [1.29, 1.82) is 0 Å². The topological polar surface area (TPSA) is 75.6 Å². The molecule has 5 heteroatoms. The monoisotopic (exact) mass is 365 g/mol. The summed E-state index contributed by atoms with van der Waals surface area (Å²) in [7, 11) is 1.52. The fraction of sp³-hybridized carbons (Fsp3) is 0.273. The smallest absolute Gasteiger partial charge is 0.293 e. The fourth-order valence-electron chi connectivity index (χ4n) is 3.12. The molecule has 0 unspecified atom stereocenters. The average molecular weight is 365 g/mol. The van der Waals surface area contributed by atoms with Gasteiger partial charge in [0.2, 0.25) is 0 Å². The summed E-state index contributed by atoms with van der Waals surface area (Å²) in [5.41, 5.74) is 2.35. The Kier molecular flexibility index (Phi) is 4.79. The van der Waals surface area contributed by atoms with Crippen LogP contribution in [0.1, 0.15) is 43.5 Å². The Balaban J connectivity index is 2.06. The Morgan fingerprint density at radius 3 is 2.33 bits per heavy atom. The fourth-order valence-corrected chi connectivity index (χ4v) is 3.12. The maximum absolute atomic E-state index is 12.4. The van der Waals surface area contributed by atoms with Crippen LogP contribution in [0.15, 0.2) is 54.1 Å². The highest BCUT2D eigenvalue weighted by atomic mass is 16.5. The largest absolute Gasteiger partial charge is 0.507 e. The highest BCUT2D eigenvalue weighted by Crippen LogP contribution is 2.34. The third-order valence-electron chi connectivity index (χ3n) is 4.72. The second kappa shape index (κ2) is 6.91. The van der Waals surface area contributed by atoms with Crippen molar-refractivity contribution >= 4 is 17.4 Å². The summed E-state index contributed by atoms with van der Waals surface area (Å²) in [4.78, 5) is 24.4. The molecule has 2 aromatic carbocycles. The van der Waals surface area contributed by atoms with Gasteiger partial charge >= 0.3 is 0 Å². The van der Waals surface area contributed by atoms with Crippen molar-refractivity contribution in [2.75, 3.05) is 7.11 Å². The third kappa shape index (κ3) is 3.58. The summed E-state index contributed by atoms with van der Waals surface area (Å²) >= 11 is 0. The van der Waals surface area contributed by atoms with E-state index < -0.39 is 17.7 Å². The molecule has 27 heavy (non-hydrogen) atoms. The summed E-state index contributed by atoms with van der Waals surface area (Å²) in [6.07, 6.45) is 0. The molecule has 1 atom stereocenters. The highest BCUT2D eigenvalue weighted by Gasteiger charge is 2.39. The average Bonchev–Trinajstić information content (AvgIpc) is 2.95. The molecule has 1 amide bonds. The molecule has 1 heterocycles. The van der Waals surface area contributed by atoms with Gasteiger partial charge in [-0.3, -0.25) is 9.59 Å². The van der Waals surface area contributed by atoms with Gasteiger partial charge in [0.05, 0.1) is 18.7 Å². The number of nitrogens with one attached hydrogen (secondary N) is 1. The van der Waals surface area contributed by atoms with Crippen LogP contribution in [0.25, 0.3) is 5.76 Å². The van der Waals surface area contributed by atoms with Crippen LogP contribution in [0.4, 0.5) is 0 Å². The molecule has 2 N–H and O–H groups in total. The number of aliphatic hydroxyl groups excluding tert-OH is 1. The van der Waals surface area contributed by atoms with Crippen molar-refractivity contribution in [3.63, 3.8) is 0 Å². The Hall–Kier alpha value is -3.08. The summed E-state index contributed by atoms with van der Waals surface area (Å²) in [6, 6.07) is 13.8. The van der Waals surface area contributed by atoms with Gasteiger partial charge in [0.1, 0.15) is 11.5 Å². The maximum Gasteiger partial charge on any atom is 0.293 e. The molecule has 0 aromatic heterocycles. The van der Waals surface area contributed by atoms with Crippen LogP contribution in [-0.2, 0) is 15.0 Å². The number of ketones is 1. The van der Waals surface area contributed by atoms with E-state index in [4.69, 9.17) is 4.74 Å². The number of Topliss-reactive ketones (excluding diaryl/α,β-unsaturated/α-hetero) is 1. The third-order valence-corrected chi connectivity index (χ3v) is 4.72. The lowest BCUT2D eigenvalue weighted by atomic mass is 9.85. The number of carbonyl (C=O) groups is 2. The van der Waals surface area contributed by atoms with E-state index in [9.17, 15) is 14.7 Å². The van der Waals surface area contributed by atoms with Gasteiger partial charge in [-0.15, -0.1) is 0 Å². The highest BCUT2D eigenvalue weighted by molar-refractivity contribution is 6.46. The van der Waals surface area contributed by atoms with E-state index in [0.717, 1.165) is 11.1 Å². The van der Waals surface area contributed by atoms with E-state index in [1.54, 1.807) is 24.3 Å². The van der Waals surface area contributed by atoms with Crippen LogP contribution in [0, 0.1) is 0 Å². The molecule has 3 rings (SSSR count). The number of ether oxygens (including phenoxy) is 1. The first-order valence-corrected chi connectivity index (χ1v) is 8.75. The molecule has 1 aliphatic rings. The number of amides is 1. The van der Waals surface area contributed by atoms with Gasteiger partial charge in [0, 0.05) is 5.56 Å². The van der Waals surface area contributed by atoms with Gasteiger partial charge in [0.15, 0.2) is 0 Å². The molecule has 0 aliphatic carbocycles. The Bertz CT molecular complexity index is 920. The number of hydrogen-bond donors (Lipinski definition) is 2. The summed E-state index contributed by atoms with van der Waals surface area (Å²) in [5.74, 6) is -1.11. The van der Waals surface area contributed by atoms with Crippen LogP contribution in [0.3, 0.4) is 0 Å². The van der Waals surface area contributed by atoms with Crippen molar-refractivity contribution in [2.45, 2.75) is 32.2 Å². The summed E-state index contributed by atoms with van der Waals surface area (Å²) in [5, 5.41) is 13.4. The van der Waals surface area contributed by atoms with Crippen molar-refractivity contribution in [3.8, 4) is 5.75 Å². The molecule has 140 valence electrons. The standard InChI is InChI=1S/C22H23NO4/c1-22(2,3)15-10-8-13(9-11-15)18-17(20(25)21(26)23-18)19(24)14-6-5-7-16(12-14)27-4/h5-12,18,24H,1-4H3,(H,23,26)/t18-/m1/s1. The van der Waals surface area contributed by atoms with E-state index in [2.05, 4.69) is 26.1 Å². The van der Waals surface area contributed by atoms with Crippen molar-refractivity contribution in [2.24, 2.45) is 0 Å². The molecular weight excluding hydrogens is 342 g/mol. The van der Waals surface area contributed by atoms with Gasteiger partial charge < -0.3 is 15.2 Å². The van der Waals surface area contributed by atoms with Gasteiger partial charge in [-0.2, -0.15) is 0 Å². The first-order chi connectivity index (χ1) is 12.7. The Morgan fingerprint density at radius 1 is 1.07 bits per heavy atom. The van der Waals surface area contributed by atoms with Crippen LogP contribution < -0.4 is 10.1 Å². The normalized spacial score (nSPS) is 19.0. The molecule has 1 saturated heterocycles. The van der Waals surface area contributed by atoms with Gasteiger partial charge in [-0.05, 0) is 28.7 Å². The maximum atomic E-state index is 12.4. The minimum absolute atomic E-state index is 0.00528. The Labute approximate surface area is 158 Å². The first kappa shape index (κ1) is 18.7. The molecule has 0 spiro atoms. The minimum atomic E-state index is -0.722.